The van der Waals surface area contributed by atoms with E-state index in [0.717, 1.165) is 34.6 Å². The van der Waals surface area contributed by atoms with E-state index in [9.17, 15) is 39.3 Å². The van der Waals surface area contributed by atoms with Gasteiger partial charge in [-0.3, -0.25) is 24.0 Å². The maximum absolute atomic E-state index is 11.9. The van der Waals surface area contributed by atoms with E-state index in [1.54, 1.807) is 0 Å². The van der Waals surface area contributed by atoms with E-state index in [1.807, 2.05) is 0 Å². The van der Waals surface area contributed by atoms with Crippen LogP contribution in [0.25, 0.3) is 0 Å². The van der Waals surface area contributed by atoms with Crippen molar-refractivity contribution in [1.29, 1.82) is 0 Å². The third kappa shape index (κ3) is 8.57. The molecular weight excluding hydrogens is 520 g/mol. The minimum atomic E-state index is -1.87. The van der Waals surface area contributed by atoms with Gasteiger partial charge in [0.1, 0.15) is 31.0 Å². The van der Waals surface area contributed by atoms with Gasteiger partial charge >= 0.3 is 29.8 Å². The van der Waals surface area contributed by atoms with Gasteiger partial charge in [0.2, 0.25) is 0 Å². The van der Waals surface area contributed by atoms with Crippen LogP contribution < -0.4 is 0 Å². The van der Waals surface area contributed by atoms with E-state index in [-0.39, 0.29) is 0 Å². The zero-order valence-electron chi connectivity index (χ0n) is 21.3. The summed E-state index contributed by atoms with van der Waals surface area (Å²) in [6.45, 7) is 4.24. The molecule has 16 heteroatoms. The monoisotopic (exact) mass is 552 g/mol. The van der Waals surface area contributed by atoms with E-state index in [2.05, 4.69) is 0 Å². The summed E-state index contributed by atoms with van der Waals surface area (Å²) in [6, 6.07) is 0. The molecule has 2 fully saturated rings. The number of carbonyl (C=O) groups excluding carboxylic acids is 5. The predicted octanol–water partition coefficient (Wildman–Crippen LogP) is -2.54. The molecule has 0 amide bonds. The van der Waals surface area contributed by atoms with E-state index < -0.39 is 104 Å². The number of esters is 5. The van der Waals surface area contributed by atoms with Gasteiger partial charge in [0.15, 0.2) is 37.0 Å². The van der Waals surface area contributed by atoms with Crippen molar-refractivity contribution >= 4 is 29.8 Å². The molecule has 2 heterocycles. The minimum absolute atomic E-state index is 0.489. The molecule has 216 valence electrons. The van der Waals surface area contributed by atoms with Crippen LogP contribution in [0.5, 0.6) is 0 Å². The van der Waals surface area contributed by atoms with E-state index in [1.165, 1.54) is 0 Å². The molecule has 2 aliphatic rings. The highest BCUT2D eigenvalue weighted by Crippen LogP contribution is 2.31. The quantitative estimate of drug-likeness (QED) is 0.198. The lowest BCUT2D eigenvalue weighted by Gasteiger charge is -2.45. The van der Waals surface area contributed by atoms with Crippen LogP contribution in [-0.2, 0) is 61.9 Å². The van der Waals surface area contributed by atoms with Crippen LogP contribution in [0.1, 0.15) is 34.6 Å². The lowest BCUT2D eigenvalue weighted by Crippen LogP contribution is -2.64. The van der Waals surface area contributed by atoms with Crippen molar-refractivity contribution in [1.82, 2.24) is 0 Å². The highest BCUT2D eigenvalue weighted by molar-refractivity contribution is 5.69. The molecule has 0 unspecified atom stereocenters. The number of ether oxygens (including phenoxy) is 8. The lowest BCUT2D eigenvalue weighted by molar-refractivity contribution is -0.329. The molecule has 0 saturated carbocycles. The average molecular weight is 552 g/mol. The van der Waals surface area contributed by atoms with Crippen LogP contribution in [0, 0.1) is 0 Å². The largest absolute Gasteiger partial charge is 0.463 e. The summed E-state index contributed by atoms with van der Waals surface area (Å²) < 4.78 is 42.5. The van der Waals surface area contributed by atoms with Crippen molar-refractivity contribution in [2.75, 3.05) is 13.2 Å². The second-order valence-electron chi connectivity index (χ2n) is 8.52. The fraction of sp³-hybridized carbons (Fsp3) is 0.773. The summed E-state index contributed by atoms with van der Waals surface area (Å²) >= 11 is 0. The molecule has 0 radical (unpaired) electrons. The van der Waals surface area contributed by atoms with Gasteiger partial charge in [-0.15, -0.1) is 0 Å². The average Bonchev–Trinajstić information content (AvgIpc) is 2.79. The van der Waals surface area contributed by atoms with Crippen LogP contribution in [0.15, 0.2) is 0 Å². The standard InChI is InChI=1S/C22H32O16/c1-8(23)31-6-14-18(34-10(3)25)19(35-11(4)26)20(36-12(5)27)22(38-14)32-7-13-17(33-9(2)24)15(28)16(29)21(30)37-13/h13-22,28-30H,6-7H2,1-5H3/t13-,14-,15-,16+,17-,18-,19+,20+,21-,22+/m1/s1. The molecule has 2 aliphatic heterocycles. The zero-order chi connectivity index (χ0) is 28.7. The van der Waals surface area contributed by atoms with Gasteiger partial charge in [0.05, 0.1) is 6.61 Å². The maximum Gasteiger partial charge on any atom is 0.303 e. The van der Waals surface area contributed by atoms with Crippen molar-refractivity contribution in [3.63, 3.8) is 0 Å². The highest BCUT2D eigenvalue weighted by Gasteiger charge is 2.54. The predicted molar refractivity (Wildman–Crippen MR) is 116 cm³/mol. The molecule has 0 bridgehead atoms. The Morgan fingerprint density at radius 1 is 0.579 bits per heavy atom. The van der Waals surface area contributed by atoms with Gasteiger partial charge in [-0.25, -0.2) is 0 Å². The molecule has 10 atom stereocenters. The first-order chi connectivity index (χ1) is 17.7. The smallest absolute Gasteiger partial charge is 0.303 e. The van der Waals surface area contributed by atoms with Gasteiger partial charge in [-0.2, -0.15) is 0 Å². The first-order valence-corrected chi connectivity index (χ1v) is 11.5. The summed E-state index contributed by atoms with van der Waals surface area (Å²) in [6.07, 6.45) is -15.6. The van der Waals surface area contributed by atoms with Gasteiger partial charge in [-0.05, 0) is 0 Å². The SMILES string of the molecule is CC(=O)OC[C@H]1O[C@H](OC[C@H]2O[C@@H](O)[C@@H](O)[C@@H](O)[C@@H]2OC(C)=O)[C@@H](OC(C)=O)[C@@H](OC(C)=O)[C@@H]1OC(C)=O. The van der Waals surface area contributed by atoms with Crippen molar-refractivity contribution in [3.05, 3.63) is 0 Å². The Morgan fingerprint density at radius 3 is 1.58 bits per heavy atom. The minimum Gasteiger partial charge on any atom is -0.463 e. The second-order valence-corrected chi connectivity index (χ2v) is 8.52. The molecule has 0 aliphatic carbocycles. The Bertz CT molecular complexity index is 875. The Morgan fingerprint density at radius 2 is 1.05 bits per heavy atom. The first kappa shape index (κ1) is 31.3. The Kier molecular flexibility index (Phi) is 11.4. The van der Waals surface area contributed by atoms with E-state index in [4.69, 9.17) is 37.9 Å². The van der Waals surface area contributed by atoms with Crippen LogP contribution in [0.4, 0.5) is 0 Å². The molecule has 3 N–H and O–H groups in total. The summed E-state index contributed by atoms with van der Waals surface area (Å²) in [5.74, 6) is -4.06. The van der Waals surface area contributed by atoms with Gasteiger partial charge in [0.25, 0.3) is 0 Å². The number of carbonyl (C=O) groups is 5. The van der Waals surface area contributed by atoms with Crippen molar-refractivity contribution in [3.8, 4) is 0 Å². The van der Waals surface area contributed by atoms with E-state index >= 15 is 0 Å². The van der Waals surface area contributed by atoms with Crippen LogP contribution in [0.3, 0.4) is 0 Å². The topological polar surface area (TPSA) is 220 Å². The van der Waals surface area contributed by atoms with Crippen LogP contribution in [0.2, 0.25) is 0 Å². The van der Waals surface area contributed by atoms with Crippen LogP contribution >= 0.6 is 0 Å². The molecule has 0 aromatic rings. The highest BCUT2D eigenvalue weighted by atomic mass is 16.7. The number of hydrogen-bond donors (Lipinski definition) is 3. The molecule has 0 spiro atoms. The third-order valence-corrected chi connectivity index (χ3v) is 5.33. The van der Waals surface area contributed by atoms with E-state index in [0.29, 0.717) is 0 Å². The second kappa shape index (κ2) is 13.8. The fourth-order valence-corrected chi connectivity index (χ4v) is 3.90. The van der Waals surface area contributed by atoms with Gasteiger partial charge < -0.3 is 53.2 Å². The Hall–Kier alpha value is -2.89. The molecule has 16 nitrogen and oxygen atoms in total. The Balaban J connectivity index is 2.38. The molecular formula is C22H32O16. The summed E-state index contributed by atoms with van der Waals surface area (Å²) in [4.78, 5) is 58.5. The molecule has 2 saturated heterocycles. The normalized spacial score (nSPS) is 34.9. The third-order valence-electron chi connectivity index (χ3n) is 5.33. The van der Waals surface area contributed by atoms with Crippen LogP contribution in [-0.4, -0.2) is 120 Å². The van der Waals surface area contributed by atoms with Crippen molar-refractivity contribution < 1.29 is 77.2 Å². The summed E-state index contributed by atoms with van der Waals surface area (Å²) in [5, 5.41) is 30.1. The number of aliphatic hydroxyl groups is 3. The van der Waals surface area contributed by atoms with Gasteiger partial charge in [-0.1, -0.05) is 0 Å². The van der Waals surface area contributed by atoms with Crippen molar-refractivity contribution in [2.45, 2.75) is 96.0 Å². The molecule has 0 aromatic heterocycles. The number of hydrogen-bond acceptors (Lipinski definition) is 16. The van der Waals surface area contributed by atoms with Crippen molar-refractivity contribution in [2.24, 2.45) is 0 Å². The first-order valence-electron chi connectivity index (χ1n) is 11.5. The molecule has 2 rings (SSSR count). The fourth-order valence-electron chi connectivity index (χ4n) is 3.90. The summed E-state index contributed by atoms with van der Waals surface area (Å²) in [5.41, 5.74) is 0. The Labute approximate surface area is 216 Å². The zero-order valence-corrected chi connectivity index (χ0v) is 21.3. The lowest BCUT2D eigenvalue weighted by atomic mass is 9.97. The number of rotatable bonds is 9. The molecule has 0 aromatic carbocycles. The van der Waals surface area contributed by atoms with Gasteiger partial charge in [0, 0.05) is 34.6 Å². The molecule has 38 heavy (non-hydrogen) atoms. The number of aliphatic hydroxyl groups excluding tert-OH is 3. The summed E-state index contributed by atoms with van der Waals surface area (Å²) in [7, 11) is 0. The maximum atomic E-state index is 11.9.